The van der Waals surface area contributed by atoms with Crippen LogP contribution in [0.25, 0.3) is 0 Å². The molecule has 0 saturated carbocycles. The van der Waals surface area contributed by atoms with E-state index in [1.54, 1.807) is 18.2 Å². The fraction of sp³-hybridized carbons (Fsp3) is 0.556. The first-order chi connectivity index (χ1) is 7.29. The van der Waals surface area contributed by atoms with E-state index in [0.29, 0.717) is 31.4 Å². The molecule has 0 unspecified atom stereocenters. The maximum Gasteiger partial charge on any atom is 0.290 e. The maximum absolute atomic E-state index is 11.5. The summed E-state index contributed by atoms with van der Waals surface area (Å²) in [5, 5.41) is 0. The lowest BCUT2D eigenvalue weighted by Gasteiger charge is -2.20. The molecule has 0 aliphatic rings. The number of hydrogen-bond donors (Lipinski definition) is 1. The van der Waals surface area contributed by atoms with Crippen LogP contribution in [0.2, 0.25) is 0 Å². The van der Waals surface area contributed by atoms with E-state index in [0.717, 1.165) is 0 Å². The second-order valence-corrected chi connectivity index (χ2v) is 3.29. The Balaban J connectivity index is 2.79. The van der Waals surface area contributed by atoms with E-state index in [-0.39, 0.29) is 5.56 Å². The van der Waals surface area contributed by atoms with E-state index < -0.39 is 0 Å². The first-order valence-electron chi connectivity index (χ1n) is 4.63. The number of anilines is 1. The monoisotopic (exact) mass is 231 g/mol. The van der Waals surface area contributed by atoms with Crippen LogP contribution in [0.3, 0.4) is 0 Å². The van der Waals surface area contributed by atoms with Gasteiger partial charge in [0.15, 0.2) is 5.82 Å². The molecule has 1 aromatic heterocycles. The Hall–Kier alpha value is -1.07. The third-order valence-corrected chi connectivity index (χ3v) is 2.08. The number of nitrogens with one attached hydrogen (secondary N) is 1. The van der Waals surface area contributed by atoms with Crippen molar-refractivity contribution in [1.29, 1.82) is 0 Å². The summed E-state index contributed by atoms with van der Waals surface area (Å²) < 4.78 is 4.96. The van der Waals surface area contributed by atoms with Gasteiger partial charge in [0.25, 0.3) is 5.56 Å². The van der Waals surface area contributed by atoms with Gasteiger partial charge in [0.2, 0.25) is 0 Å². The first kappa shape index (κ1) is 12.0. The molecule has 1 N–H and O–H groups in total. The van der Waals surface area contributed by atoms with E-state index in [9.17, 15) is 4.79 Å². The van der Waals surface area contributed by atoms with Crippen molar-refractivity contribution < 1.29 is 4.74 Å². The Morgan fingerprint density at radius 2 is 2.40 bits per heavy atom. The van der Waals surface area contributed by atoms with E-state index in [1.807, 2.05) is 0 Å². The summed E-state index contributed by atoms with van der Waals surface area (Å²) in [6.07, 6.45) is 3.05. The summed E-state index contributed by atoms with van der Waals surface area (Å²) in [6.45, 7) is 1.71. The van der Waals surface area contributed by atoms with Gasteiger partial charge >= 0.3 is 0 Å². The molecule has 0 amide bonds. The molecule has 1 heterocycles. The van der Waals surface area contributed by atoms with Crippen LogP contribution >= 0.6 is 11.6 Å². The number of ether oxygens (including phenoxy) is 1. The van der Waals surface area contributed by atoms with Crippen molar-refractivity contribution >= 4 is 17.4 Å². The summed E-state index contributed by atoms with van der Waals surface area (Å²) >= 11 is 5.65. The molecule has 0 atom stereocenters. The summed E-state index contributed by atoms with van der Waals surface area (Å²) in [6, 6.07) is 0. The Morgan fingerprint density at radius 1 is 1.60 bits per heavy atom. The second-order valence-electron chi connectivity index (χ2n) is 2.91. The minimum atomic E-state index is -0.210. The minimum Gasteiger partial charge on any atom is -0.383 e. The number of alkyl halides is 1. The van der Waals surface area contributed by atoms with Gasteiger partial charge in [0.1, 0.15) is 0 Å². The predicted molar refractivity (Wildman–Crippen MR) is 59.7 cm³/mol. The summed E-state index contributed by atoms with van der Waals surface area (Å²) in [7, 11) is 1.61. The minimum absolute atomic E-state index is 0.210. The summed E-state index contributed by atoms with van der Waals surface area (Å²) in [5.41, 5.74) is -0.210. The molecule has 15 heavy (non-hydrogen) atoms. The van der Waals surface area contributed by atoms with Crippen molar-refractivity contribution in [2.75, 3.05) is 37.6 Å². The number of rotatable bonds is 6. The van der Waals surface area contributed by atoms with Crippen LogP contribution in [0.5, 0.6) is 0 Å². The molecule has 0 aliphatic heterocycles. The molecular formula is C9H14ClN3O2. The zero-order valence-corrected chi connectivity index (χ0v) is 9.33. The third-order valence-electron chi connectivity index (χ3n) is 1.91. The van der Waals surface area contributed by atoms with Crippen molar-refractivity contribution in [3.05, 3.63) is 22.7 Å². The highest BCUT2D eigenvalue weighted by molar-refractivity contribution is 6.18. The van der Waals surface area contributed by atoms with Gasteiger partial charge in [-0.15, -0.1) is 11.6 Å². The third kappa shape index (κ3) is 3.53. The lowest BCUT2D eigenvalue weighted by Crippen LogP contribution is -2.34. The second kappa shape index (κ2) is 6.42. The smallest absolute Gasteiger partial charge is 0.290 e. The van der Waals surface area contributed by atoms with E-state index in [1.165, 1.54) is 6.20 Å². The maximum atomic E-state index is 11.5. The van der Waals surface area contributed by atoms with Gasteiger partial charge in [-0.05, 0) is 0 Å². The highest BCUT2D eigenvalue weighted by Crippen LogP contribution is 2.02. The van der Waals surface area contributed by atoms with Crippen molar-refractivity contribution in [3.63, 3.8) is 0 Å². The zero-order valence-electron chi connectivity index (χ0n) is 8.57. The van der Waals surface area contributed by atoms with Crippen LogP contribution in [-0.2, 0) is 4.74 Å². The van der Waals surface area contributed by atoms with Crippen LogP contribution in [0.1, 0.15) is 0 Å². The average molecular weight is 232 g/mol. The van der Waals surface area contributed by atoms with Crippen LogP contribution in [0.15, 0.2) is 17.2 Å². The van der Waals surface area contributed by atoms with Gasteiger partial charge in [0, 0.05) is 38.5 Å². The van der Waals surface area contributed by atoms with Gasteiger partial charge in [-0.2, -0.15) is 0 Å². The van der Waals surface area contributed by atoms with Gasteiger partial charge in [-0.3, -0.25) is 4.79 Å². The van der Waals surface area contributed by atoms with E-state index in [2.05, 4.69) is 9.97 Å². The van der Waals surface area contributed by atoms with Crippen molar-refractivity contribution in [3.8, 4) is 0 Å². The number of nitrogens with zero attached hydrogens (tertiary/aromatic N) is 2. The zero-order chi connectivity index (χ0) is 11.1. The van der Waals surface area contributed by atoms with Crippen molar-refractivity contribution in [2.45, 2.75) is 0 Å². The van der Waals surface area contributed by atoms with Gasteiger partial charge < -0.3 is 14.6 Å². The van der Waals surface area contributed by atoms with E-state index in [4.69, 9.17) is 16.3 Å². The molecule has 1 rings (SSSR count). The summed E-state index contributed by atoms with van der Waals surface area (Å²) in [4.78, 5) is 19.8. The number of halogens is 1. The Bertz CT molecular complexity index is 342. The number of aromatic amines is 1. The Labute approximate surface area is 93.0 Å². The van der Waals surface area contributed by atoms with Crippen LogP contribution in [0, 0.1) is 0 Å². The van der Waals surface area contributed by atoms with Crippen LogP contribution in [-0.4, -0.2) is 42.7 Å². The molecule has 0 aromatic carbocycles. The predicted octanol–water partition coefficient (Wildman–Crippen LogP) is 0.462. The molecule has 0 saturated heterocycles. The molecule has 0 spiro atoms. The molecule has 6 heteroatoms. The van der Waals surface area contributed by atoms with Crippen LogP contribution in [0.4, 0.5) is 5.82 Å². The van der Waals surface area contributed by atoms with Crippen molar-refractivity contribution in [1.82, 2.24) is 9.97 Å². The normalized spacial score (nSPS) is 10.3. The SMILES string of the molecule is COCCN(CCCl)c1ncc[nH]c1=O. The highest BCUT2D eigenvalue weighted by Gasteiger charge is 2.10. The van der Waals surface area contributed by atoms with Gasteiger partial charge in [-0.1, -0.05) is 0 Å². The lowest BCUT2D eigenvalue weighted by molar-refractivity contribution is 0.205. The quantitative estimate of drug-likeness (QED) is 0.723. The molecule has 1 aromatic rings. The Kier molecular flexibility index (Phi) is 5.14. The molecule has 0 aliphatic carbocycles. The number of H-pyrrole nitrogens is 1. The van der Waals surface area contributed by atoms with Crippen molar-refractivity contribution in [2.24, 2.45) is 0 Å². The first-order valence-corrected chi connectivity index (χ1v) is 5.16. The standard InChI is InChI=1S/C9H14ClN3O2/c1-15-7-6-13(5-2-10)8-9(14)12-4-3-11-8/h3-4H,2,5-7H2,1H3,(H,12,14). The van der Waals surface area contributed by atoms with Crippen LogP contribution < -0.4 is 10.5 Å². The number of aromatic nitrogens is 2. The fourth-order valence-electron chi connectivity index (χ4n) is 1.20. The molecule has 0 radical (unpaired) electrons. The van der Waals surface area contributed by atoms with E-state index >= 15 is 0 Å². The molecule has 0 fully saturated rings. The number of methoxy groups -OCH3 is 1. The molecular weight excluding hydrogens is 218 g/mol. The summed E-state index contributed by atoms with van der Waals surface area (Å²) in [5.74, 6) is 0.829. The van der Waals surface area contributed by atoms with Gasteiger partial charge in [0.05, 0.1) is 6.61 Å². The largest absolute Gasteiger partial charge is 0.383 e. The Morgan fingerprint density at radius 3 is 3.00 bits per heavy atom. The number of hydrogen-bond acceptors (Lipinski definition) is 4. The van der Waals surface area contributed by atoms with Gasteiger partial charge in [-0.25, -0.2) is 4.98 Å². The molecule has 0 bridgehead atoms. The topological polar surface area (TPSA) is 58.2 Å². The molecule has 5 nitrogen and oxygen atoms in total. The molecule has 84 valence electrons. The fourth-order valence-corrected chi connectivity index (χ4v) is 1.40. The average Bonchev–Trinajstić information content (AvgIpc) is 2.25. The highest BCUT2D eigenvalue weighted by atomic mass is 35.5. The lowest BCUT2D eigenvalue weighted by atomic mass is 10.4.